The fourth-order valence-corrected chi connectivity index (χ4v) is 1.81. The summed E-state index contributed by atoms with van der Waals surface area (Å²) in [5, 5.41) is 13.8. The number of nitrogens with zero attached hydrogens (tertiary/aromatic N) is 1. The van der Waals surface area contributed by atoms with Gasteiger partial charge in [0.1, 0.15) is 0 Å². The van der Waals surface area contributed by atoms with Crippen LogP contribution in [-0.4, -0.2) is 23.0 Å². The molecule has 1 N–H and O–H groups in total. The molecule has 0 unspecified atom stereocenters. The van der Waals surface area contributed by atoms with Crippen LogP contribution in [-0.2, 0) is 0 Å². The van der Waals surface area contributed by atoms with Crippen molar-refractivity contribution in [2.75, 3.05) is 23.4 Å². The molecule has 0 spiro atoms. The third-order valence-corrected chi connectivity index (χ3v) is 3.04. The van der Waals surface area contributed by atoms with E-state index >= 15 is 0 Å². The smallest absolute Gasteiger partial charge is 0.271 e. The lowest BCUT2D eigenvalue weighted by molar-refractivity contribution is -0.384. The molecule has 0 aliphatic heterocycles. The summed E-state index contributed by atoms with van der Waals surface area (Å²) < 4.78 is 0. The summed E-state index contributed by atoms with van der Waals surface area (Å²) >= 11 is 1.66. The van der Waals surface area contributed by atoms with E-state index in [4.69, 9.17) is 6.42 Å². The molecule has 0 aromatic heterocycles. The van der Waals surface area contributed by atoms with Crippen LogP contribution >= 0.6 is 11.8 Å². The van der Waals surface area contributed by atoms with E-state index in [0.717, 1.165) is 23.5 Å². The molecule has 5 heteroatoms. The molecular weight excluding hydrogens is 236 g/mol. The third kappa shape index (κ3) is 4.37. The average molecular weight is 250 g/mol. The van der Waals surface area contributed by atoms with Gasteiger partial charge in [-0.25, -0.2) is 0 Å². The van der Waals surface area contributed by atoms with Gasteiger partial charge in [-0.05, 0) is 12.5 Å². The molecule has 4 nitrogen and oxygen atoms in total. The Hall–Kier alpha value is -1.67. The quantitative estimate of drug-likeness (QED) is 0.365. The number of terminal acetylenes is 1. The number of thioether (sulfide) groups is 1. The van der Waals surface area contributed by atoms with Crippen molar-refractivity contribution in [1.82, 2.24) is 0 Å². The number of nitrogens with one attached hydrogen (secondary N) is 1. The van der Waals surface area contributed by atoms with Crippen LogP contribution in [0.4, 0.5) is 11.4 Å². The molecule has 1 aromatic rings. The Morgan fingerprint density at radius 1 is 1.59 bits per heavy atom. The second-order valence-corrected chi connectivity index (χ2v) is 4.54. The van der Waals surface area contributed by atoms with Gasteiger partial charge in [-0.3, -0.25) is 10.1 Å². The predicted octanol–water partition coefficient (Wildman–Crippen LogP) is 2.68. The van der Waals surface area contributed by atoms with Crippen molar-refractivity contribution in [3.05, 3.63) is 33.9 Å². The van der Waals surface area contributed by atoms with Crippen molar-refractivity contribution in [1.29, 1.82) is 0 Å². The summed E-state index contributed by atoms with van der Waals surface area (Å²) in [6, 6.07) is 4.81. The first kappa shape index (κ1) is 13.4. The fraction of sp³-hybridized carbons (Fsp3) is 0.333. The highest BCUT2D eigenvalue weighted by atomic mass is 32.2. The maximum absolute atomic E-state index is 10.6. The zero-order valence-electron chi connectivity index (χ0n) is 9.60. The number of nitro groups is 1. The van der Waals surface area contributed by atoms with Gasteiger partial charge in [-0.15, -0.1) is 18.2 Å². The van der Waals surface area contributed by atoms with Crippen LogP contribution in [0.5, 0.6) is 0 Å². The van der Waals surface area contributed by atoms with Gasteiger partial charge in [0.25, 0.3) is 5.69 Å². The third-order valence-electron chi connectivity index (χ3n) is 2.18. The van der Waals surface area contributed by atoms with Gasteiger partial charge in [0.05, 0.1) is 10.7 Å². The average Bonchev–Trinajstić information content (AvgIpc) is 2.30. The Morgan fingerprint density at radius 2 is 2.35 bits per heavy atom. The SMILES string of the molecule is C#CCSCCNc1cc([N+](=O)[O-])ccc1C. The minimum Gasteiger partial charge on any atom is -0.384 e. The standard InChI is InChI=1S/C12H14N2O2S/c1-3-7-17-8-6-13-12-9-11(14(15)16)5-4-10(12)2/h1,4-5,9,13H,6-8H2,2H3. The first-order valence-electron chi connectivity index (χ1n) is 5.15. The van der Waals surface area contributed by atoms with E-state index in [0.29, 0.717) is 5.75 Å². The maximum Gasteiger partial charge on any atom is 0.271 e. The fourth-order valence-electron chi connectivity index (χ4n) is 1.30. The molecule has 0 saturated heterocycles. The van der Waals surface area contributed by atoms with E-state index in [2.05, 4.69) is 11.2 Å². The van der Waals surface area contributed by atoms with Gasteiger partial charge in [0.15, 0.2) is 0 Å². The first-order chi connectivity index (χ1) is 8.15. The molecule has 0 aliphatic rings. The molecule has 0 saturated carbocycles. The number of benzene rings is 1. The Morgan fingerprint density at radius 3 is 3.00 bits per heavy atom. The minimum atomic E-state index is -0.391. The Balaban J connectivity index is 2.55. The van der Waals surface area contributed by atoms with Crippen LogP contribution in [0.2, 0.25) is 0 Å². The lowest BCUT2D eigenvalue weighted by Gasteiger charge is -2.08. The number of anilines is 1. The molecule has 0 atom stereocenters. The molecule has 0 amide bonds. The molecule has 0 aliphatic carbocycles. The predicted molar refractivity (Wildman–Crippen MR) is 72.5 cm³/mol. The van der Waals surface area contributed by atoms with E-state index in [1.165, 1.54) is 6.07 Å². The van der Waals surface area contributed by atoms with Crippen LogP contribution in [0.1, 0.15) is 5.56 Å². The highest BCUT2D eigenvalue weighted by Crippen LogP contribution is 2.21. The number of nitro benzene ring substituents is 1. The molecule has 1 aromatic carbocycles. The zero-order valence-corrected chi connectivity index (χ0v) is 10.4. The highest BCUT2D eigenvalue weighted by Gasteiger charge is 2.07. The number of rotatable bonds is 6. The van der Waals surface area contributed by atoms with Crippen molar-refractivity contribution in [2.45, 2.75) is 6.92 Å². The van der Waals surface area contributed by atoms with Gasteiger partial charge in [0.2, 0.25) is 0 Å². The Bertz CT molecular complexity index is 441. The van der Waals surface area contributed by atoms with Gasteiger partial charge >= 0.3 is 0 Å². The number of aryl methyl sites for hydroxylation is 1. The lowest BCUT2D eigenvalue weighted by atomic mass is 10.2. The molecule has 0 radical (unpaired) electrons. The van der Waals surface area contributed by atoms with Crippen LogP contribution < -0.4 is 5.32 Å². The van der Waals surface area contributed by atoms with E-state index in [-0.39, 0.29) is 5.69 Å². The zero-order chi connectivity index (χ0) is 12.7. The van der Waals surface area contributed by atoms with E-state index in [1.807, 2.05) is 6.92 Å². The van der Waals surface area contributed by atoms with Crippen molar-refractivity contribution in [3.63, 3.8) is 0 Å². The van der Waals surface area contributed by atoms with Gasteiger partial charge in [-0.2, -0.15) is 0 Å². The monoisotopic (exact) mass is 250 g/mol. The summed E-state index contributed by atoms with van der Waals surface area (Å²) in [6.07, 6.45) is 5.13. The van der Waals surface area contributed by atoms with Crippen LogP contribution in [0.15, 0.2) is 18.2 Å². The first-order valence-corrected chi connectivity index (χ1v) is 6.30. The molecule has 0 bridgehead atoms. The normalized spacial score (nSPS) is 9.65. The van der Waals surface area contributed by atoms with E-state index in [1.54, 1.807) is 23.9 Å². The molecule has 0 heterocycles. The summed E-state index contributed by atoms with van der Waals surface area (Å²) in [4.78, 5) is 10.2. The van der Waals surface area contributed by atoms with Crippen molar-refractivity contribution in [2.24, 2.45) is 0 Å². The van der Waals surface area contributed by atoms with Crippen LogP contribution in [0.3, 0.4) is 0 Å². The molecule has 0 fully saturated rings. The molecule has 17 heavy (non-hydrogen) atoms. The lowest BCUT2D eigenvalue weighted by Crippen LogP contribution is -2.06. The van der Waals surface area contributed by atoms with Crippen molar-refractivity contribution in [3.8, 4) is 12.3 Å². The number of non-ortho nitro benzene ring substituents is 1. The maximum atomic E-state index is 10.6. The summed E-state index contributed by atoms with van der Waals surface area (Å²) in [5.41, 5.74) is 1.91. The van der Waals surface area contributed by atoms with Gasteiger partial charge < -0.3 is 5.32 Å². The number of hydrogen-bond acceptors (Lipinski definition) is 4. The van der Waals surface area contributed by atoms with E-state index < -0.39 is 4.92 Å². The van der Waals surface area contributed by atoms with Crippen LogP contribution in [0.25, 0.3) is 0 Å². The summed E-state index contributed by atoms with van der Waals surface area (Å²) in [5.74, 6) is 4.12. The van der Waals surface area contributed by atoms with Crippen molar-refractivity contribution < 1.29 is 4.92 Å². The molecular formula is C12H14N2O2S. The summed E-state index contributed by atoms with van der Waals surface area (Å²) in [7, 11) is 0. The van der Waals surface area contributed by atoms with Gasteiger partial charge in [-0.1, -0.05) is 12.0 Å². The van der Waals surface area contributed by atoms with E-state index in [9.17, 15) is 10.1 Å². The Kier molecular flexibility index (Phi) is 5.37. The second kappa shape index (κ2) is 6.81. The second-order valence-electron chi connectivity index (χ2n) is 3.44. The van der Waals surface area contributed by atoms with Crippen LogP contribution in [0, 0.1) is 29.4 Å². The topological polar surface area (TPSA) is 55.2 Å². The highest BCUT2D eigenvalue weighted by molar-refractivity contribution is 7.99. The van der Waals surface area contributed by atoms with Crippen molar-refractivity contribution >= 4 is 23.1 Å². The van der Waals surface area contributed by atoms with Gasteiger partial charge in [0, 0.05) is 30.1 Å². The largest absolute Gasteiger partial charge is 0.384 e. The molecule has 90 valence electrons. The molecule has 1 rings (SSSR count). The summed E-state index contributed by atoms with van der Waals surface area (Å²) in [6.45, 7) is 2.66. The number of hydrogen-bond donors (Lipinski definition) is 1. The minimum absolute atomic E-state index is 0.106. The Labute approximate surface area is 105 Å².